The van der Waals surface area contributed by atoms with Crippen LogP contribution in [0.5, 0.6) is 5.75 Å². The van der Waals surface area contributed by atoms with Crippen molar-refractivity contribution >= 4 is 11.9 Å². The summed E-state index contributed by atoms with van der Waals surface area (Å²) in [6.07, 6.45) is 0. The Bertz CT molecular complexity index is 382. The van der Waals surface area contributed by atoms with Crippen molar-refractivity contribution in [1.82, 2.24) is 0 Å². The zero-order chi connectivity index (χ0) is 12.7. The van der Waals surface area contributed by atoms with Crippen LogP contribution in [0.25, 0.3) is 0 Å². The van der Waals surface area contributed by atoms with Crippen molar-refractivity contribution in [1.29, 1.82) is 0 Å². The van der Waals surface area contributed by atoms with E-state index in [1.807, 2.05) is 0 Å². The van der Waals surface area contributed by atoms with Gasteiger partial charge in [-0.15, -0.1) is 0 Å². The van der Waals surface area contributed by atoms with Crippen LogP contribution in [0.2, 0.25) is 0 Å². The molecule has 17 heavy (non-hydrogen) atoms. The SMILES string of the molecule is CCOC(=O)c1ccc(OC(=O)COC)cc1. The maximum absolute atomic E-state index is 11.3. The predicted octanol–water partition coefficient (Wildman–Crippen LogP) is 1.42. The fourth-order valence-corrected chi connectivity index (χ4v) is 1.15. The fourth-order valence-electron chi connectivity index (χ4n) is 1.15. The van der Waals surface area contributed by atoms with Gasteiger partial charge in [0, 0.05) is 7.11 Å². The highest BCUT2D eigenvalue weighted by Gasteiger charge is 2.07. The fraction of sp³-hybridized carbons (Fsp3) is 0.333. The maximum Gasteiger partial charge on any atom is 0.338 e. The molecule has 0 spiro atoms. The lowest BCUT2D eigenvalue weighted by molar-refractivity contribution is -0.138. The highest BCUT2D eigenvalue weighted by molar-refractivity contribution is 5.89. The van der Waals surface area contributed by atoms with Crippen LogP contribution in [0.3, 0.4) is 0 Å². The van der Waals surface area contributed by atoms with Gasteiger partial charge < -0.3 is 14.2 Å². The van der Waals surface area contributed by atoms with Gasteiger partial charge in [-0.2, -0.15) is 0 Å². The molecule has 92 valence electrons. The summed E-state index contributed by atoms with van der Waals surface area (Å²) >= 11 is 0. The Morgan fingerprint density at radius 1 is 1.18 bits per heavy atom. The Balaban J connectivity index is 2.61. The molecule has 0 aliphatic rings. The minimum absolute atomic E-state index is 0.111. The van der Waals surface area contributed by atoms with E-state index in [1.54, 1.807) is 6.92 Å². The lowest BCUT2D eigenvalue weighted by Gasteiger charge is -2.05. The summed E-state index contributed by atoms with van der Waals surface area (Å²) < 4.78 is 14.4. The molecule has 0 amide bonds. The second-order valence-electron chi connectivity index (χ2n) is 3.15. The summed E-state index contributed by atoms with van der Waals surface area (Å²) in [6.45, 7) is 1.95. The average Bonchev–Trinajstić information content (AvgIpc) is 2.30. The molecule has 0 heterocycles. The minimum atomic E-state index is -0.489. The number of rotatable bonds is 5. The molecule has 0 N–H and O–H groups in total. The van der Waals surface area contributed by atoms with Crippen molar-refractivity contribution < 1.29 is 23.8 Å². The highest BCUT2D eigenvalue weighted by Crippen LogP contribution is 2.13. The lowest BCUT2D eigenvalue weighted by Crippen LogP contribution is -2.14. The first-order chi connectivity index (χ1) is 8.17. The van der Waals surface area contributed by atoms with Crippen molar-refractivity contribution in [3.63, 3.8) is 0 Å². The van der Waals surface area contributed by atoms with Gasteiger partial charge in [0.15, 0.2) is 0 Å². The van der Waals surface area contributed by atoms with Gasteiger partial charge in [-0.25, -0.2) is 9.59 Å². The molecule has 0 aliphatic carbocycles. The van der Waals surface area contributed by atoms with Crippen LogP contribution >= 0.6 is 0 Å². The van der Waals surface area contributed by atoms with Crippen molar-refractivity contribution in [3.05, 3.63) is 29.8 Å². The van der Waals surface area contributed by atoms with Gasteiger partial charge in [-0.05, 0) is 31.2 Å². The Labute approximate surface area is 99.3 Å². The number of carbonyl (C=O) groups excluding carboxylic acids is 2. The summed E-state index contributed by atoms with van der Waals surface area (Å²) in [5.74, 6) is -0.529. The molecule has 5 nitrogen and oxygen atoms in total. The normalized spacial score (nSPS) is 9.76. The molecular weight excluding hydrogens is 224 g/mol. The minimum Gasteiger partial charge on any atom is -0.462 e. The van der Waals surface area contributed by atoms with E-state index in [0.717, 1.165) is 0 Å². The second kappa shape index (κ2) is 6.65. The van der Waals surface area contributed by atoms with Gasteiger partial charge in [0.1, 0.15) is 12.4 Å². The molecule has 1 aromatic carbocycles. The number of hydrogen-bond donors (Lipinski definition) is 0. The van der Waals surface area contributed by atoms with E-state index < -0.39 is 11.9 Å². The van der Waals surface area contributed by atoms with Crippen LogP contribution in [0.15, 0.2) is 24.3 Å². The summed E-state index contributed by atoms with van der Waals surface area (Å²) in [4.78, 5) is 22.4. The van der Waals surface area contributed by atoms with Crippen LogP contribution < -0.4 is 4.74 Å². The summed E-state index contributed by atoms with van der Waals surface area (Å²) in [7, 11) is 1.41. The molecule has 5 heteroatoms. The number of carbonyl (C=O) groups is 2. The van der Waals surface area contributed by atoms with Crippen molar-refractivity contribution in [3.8, 4) is 5.75 Å². The van der Waals surface area contributed by atoms with E-state index >= 15 is 0 Å². The van der Waals surface area contributed by atoms with Gasteiger partial charge >= 0.3 is 11.9 Å². The van der Waals surface area contributed by atoms with Crippen LogP contribution in [0.4, 0.5) is 0 Å². The predicted molar refractivity (Wildman–Crippen MR) is 59.9 cm³/mol. The van der Waals surface area contributed by atoms with Crippen LogP contribution in [0.1, 0.15) is 17.3 Å². The Hall–Kier alpha value is -1.88. The van der Waals surface area contributed by atoms with Crippen molar-refractivity contribution in [2.75, 3.05) is 20.3 Å². The number of hydrogen-bond acceptors (Lipinski definition) is 5. The molecular formula is C12H14O5. The third-order valence-corrected chi connectivity index (χ3v) is 1.86. The van der Waals surface area contributed by atoms with Gasteiger partial charge in [0.2, 0.25) is 0 Å². The number of methoxy groups -OCH3 is 1. The highest BCUT2D eigenvalue weighted by atomic mass is 16.6. The first-order valence-electron chi connectivity index (χ1n) is 5.14. The molecule has 1 rings (SSSR count). The average molecular weight is 238 g/mol. The zero-order valence-corrected chi connectivity index (χ0v) is 9.76. The molecule has 0 unspecified atom stereocenters. The Kier molecular flexibility index (Phi) is 5.16. The molecule has 1 aromatic rings. The van der Waals surface area contributed by atoms with Gasteiger partial charge in [0.25, 0.3) is 0 Å². The maximum atomic E-state index is 11.3. The standard InChI is InChI=1S/C12H14O5/c1-3-16-12(14)9-4-6-10(7-5-9)17-11(13)8-15-2/h4-7H,3,8H2,1-2H3. The van der Waals surface area contributed by atoms with Gasteiger partial charge in [0.05, 0.1) is 12.2 Å². The third kappa shape index (κ3) is 4.24. The molecule has 0 aliphatic heterocycles. The lowest BCUT2D eigenvalue weighted by atomic mass is 10.2. The van der Waals surface area contributed by atoms with Gasteiger partial charge in [-0.1, -0.05) is 0 Å². The van der Waals surface area contributed by atoms with Crippen LogP contribution in [-0.2, 0) is 14.3 Å². The zero-order valence-electron chi connectivity index (χ0n) is 9.76. The topological polar surface area (TPSA) is 61.8 Å². The van der Waals surface area contributed by atoms with Crippen LogP contribution in [-0.4, -0.2) is 32.3 Å². The van der Waals surface area contributed by atoms with E-state index in [9.17, 15) is 9.59 Å². The Morgan fingerprint density at radius 3 is 2.35 bits per heavy atom. The molecule has 0 radical (unpaired) electrons. The van der Waals surface area contributed by atoms with E-state index in [4.69, 9.17) is 9.47 Å². The number of ether oxygens (including phenoxy) is 3. The third-order valence-electron chi connectivity index (χ3n) is 1.86. The molecule has 0 saturated carbocycles. The second-order valence-corrected chi connectivity index (χ2v) is 3.15. The summed E-state index contributed by atoms with van der Waals surface area (Å²) in [6, 6.07) is 6.13. The number of benzene rings is 1. The van der Waals surface area contributed by atoms with Crippen LogP contribution in [0, 0.1) is 0 Å². The number of esters is 2. The first-order valence-corrected chi connectivity index (χ1v) is 5.14. The smallest absolute Gasteiger partial charge is 0.338 e. The van der Waals surface area contributed by atoms with Crippen molar-refractivity contribution in [2.45, 2.75) is 6.92 Å². The summed E-state index contributed by atoms with van der Waals surface area (Å²) in [5, 5.41) is 0. The van der Waals surface area contributed by atoms with E-state index in [2.05, 4.69) is 4.74 Å². The van der Waals surface area contributed by atoms with E-state index in [-0.39, 0.29) is 6.61 Å². The van der Waals surface area contributed by atoms with Gasteiger partial charge in [-0.3, -0.25) is 0 Å². The first kappa shape index (κ1) is 13.2. The molecule has 0 fully saturated rings. The molecule has 0 saturated heterocycles. The summed E-state index contributed by atoms with van der Waals surface area (Å²) in [5.41, 5.74) is 0.415. The van der Waals surface area contributed by atoms with E-state index in [1.165, 1.54) is 31.4 Å². The molecule has 0 bridgehead atoms. The Morgan fingerprint density at radius 2 is 1.82 bits per heavy atom. The molecule has 0 atom stereocenters. The van der Waals surface area contributed by atoms with Crippen molar-refractivity contribution in [2.24, 2.45) is 0 Å². The monoisotopic (exact) mass is 238 g/mol. The quantitative estimate of drug-likeness (QED) is 0.573. The van der Waals surface area contributed by atoms with E-state index in [0.29, 0.717) is 17.9 Å². The largest absolute Gasteiger partial charge is 0.462 e. The molecule has 0 aromatic heterocycles.